The van der Waals surface area contributed by atoms with Gasteiger partial charge < -0.3 is 43.9 Å². The fourth-order valence-electron chi connectivity index (χ4n) is 2.72. The Balaban J connectivity index is 2.62. The first-order valence-corrected chi connectivity index (χ1v) is 12.2. The van der Waals surface area contributed by atoms with E-state index in [1.807, 2.05) is 20.8 Å². The summed E-state index contributed by atoms with van der Waals surface area (Å²) in [6.45, 7) is 11.9. The first-order chi connectivity index (χ1) is 14.5. The first kappa shape index (κ1) is 29.4. The quantitative estimate of drug-likeness (QED) is 0.244. The molecule has 1 fully saturated rings. The van der Waals surface area contributed by atoms with Gasteiger partial charge in [-0.3, -0.25) is 9.36 Å². The maximum Gasteiger partial charge on any atom is 0.333 e. The molecule has 0 aromatic heterocycles. The van der Waals surface area contributed by atoms with Crippen molar-refractivity contribution >= 4 is 13.5 Å². The Kier molecular flexibility index (Phi) is 11.2. The predicted molar refractivity (Wildman–Crippen MR) is 116 cm³/mol. The van der Waals surface area contributed by atoms with Crippen LogP contribution < -0.4 is 5.32 Å². The molecule has 1 aliphatic rings. The minimum atomic E-state index is -3.80. The molecule has 6 unspecified atom stereocenters. The van der Waals surface area contributed by atoms with Crippen LogP contribution in [0.1, 0.15) is 48.5 Å². The van der Waals surface area contributed by atoms with Crippen molar-refractivity contribution in [3.63, 3.8) is 0 Å². The highest BCUT2D eigenvalue weighted by Crippen LogP contribution is 2.54. The smallest absolute Gasteiger partial charge is 0.333 e. The lowest BCUT2D eigenvalue weighted by atomic mass is 9.97. The van der Waals surface area contributed by atoms with Gasteiger partial charge in [0, 0.05) is 6.92 Å². The van der Waals surface area contributed by atoms with Crippen LogP contribution in [0.25, 0.3) is 0 Å². The minimum absolute atomic E-state index is 0.0244. The molecule has 1 heterocycles. The molecular formula is C20H40NO10P. The van der Waals surface area contributed by atoms with Crippen LogP contribution >= 0.6 is 7.60 Å². The Morgan fingerprint density at radius 2 is 1.66 bits per heavy atom. The number of hydrogen-bond acceptors (Lipinski definition) is 9. The highest BCUT2D eigenvalue weighted by atomic mass is 31.2. The molecule has 0 saturated carbocycles. The summed E-state index contributed by atoms with van der Waals surface area (Å²) >= 11 is 0. The van der Waals surface area contributed by atoms with Crippen molar-refractivity contribution in [3.8, 4) is 0 Å². The van der Waals surface area contributed by atoms with Crippen LogP contribution in [-0.2, 0) is 32.8 Å². The van der Waals surface area contributed by atoms with Crippen LogP contribution in [0.2, 0.25) is 0 Å². The Bertz CT molecular complexity index is 633. The second kappa shape index (κ2) is 12.2. The monoisotopic (exact) mass is 485 g/mol. The number of rotatable bonds is 11. The van der Waals surface area contributed by atoms with E-state index in [2.05, 4.69) is 5.32 Å². The third kappa shape index (κ3) is 9.70. The van der Waals surface area contributed by atoms with Gasteiger partial charge in [0.05, 0.1) is 43.8 Å². The number of amides is 1. The largest absolute Gasteiger partial charge is 0.388 e. The van der Waals surface area contributed by atoms with Crippen molar-refractivity contribution in [1.82, 2.24) is 5.32 Å². The van der Waals surface area contributed by atoms with Crippen molar-refractivity contribution in [3.05, 3.63) is 0 Å². The van der Waals surface area contributed by atoms with E-state index in [0.717, 1.165) is 0 Å². The van der Waals surface area contributed by atoms with E-state index in [1.165, 1.54) is 6.92 Å². The SMILES string of the molecule is CC(=O)NC1C(OCCOC(C)(C)C)OC(COCCOP(=O)(O)C(C)(C)C)C(O)C1O. The minimum Gasteiger partial charge on any atom is -0.388 e. The molecular weight excluding hydrogens is 445 g/mol. The number of hydrogen-bond donors (Lipinski definition) is 4. The molecule has 0 aromatic rings. The molecule has 190 valence electrons. The average molecular weight is 486 g/mol. The Labute approximate surface area is 190 Å². The van der Waals surface area contributed by atoms with Crippen molar-refractivity contribution in [2.45, 2.75) is 89.9 Å². The van der Waals surface area contributed by atoms with Gasteiger partial charge in [-0.05, 0) is 41.5 Å². The maximum atomic E-state index is 12.1. The number of nitrogens with one attached hydrogen (secondary N) is 1. The lowest BCUT2D eigenvalue weighted by Crippen LogP contribution is -2.64. The van der Waals surface area contributed by atoms with Gasteiger partial charge in [0.1, 0.15) is 24.4 Å². The predicted octanol–water partition coefficient (Wildman–Crippen LogP) is 0.787. The molecule has 1 saturated heterocycles. The second-order valence-electron chi connectivity index (χ2n) is 9.68. The zero-order valence-electron chi connectivity index (χ0n) is 20.1. The normalized spacial score (nSPS) is 28.9. The van der Waals surface area contributed by atoms with E-state index < -0.39 is 49.3 Å². The fourth-order valence-corrected chi connectivity index (χ4v) is 3.43. The van der Waals surface area contributed by atoms with Gasteiger partial charge in [0.25, 0.3) is 0 Å². The second-order valence-corrected chi connectivity index (χ2v) is 12.3. The van der Waals surface area contributed by atoms with Crippen LogP contribution in [0.5, 0.6) is 0 Å². The first-order valence-electron chi connectivity index (χ1n) is 10.6. The molecule has 0 bridgehead atoms. The summed E-state index contributed by atoms with van der Waals surface area (Å²) in [5, 5.41) is 22.5. The molecule has 6 atom stereocenters. The molecule has 32 heavy (non-hydrogen) atoms. The molecule has 0 radical (unpaired) electrons. The molecule has 11 nitrogen and oxygen atoms in total. The number of carbonyl (C=O) groups is 1. The highest BCUT2D eigenvalue weighted by molar-refractivity contribution is 7.54. The third-order valence-corrected chi connectivity index (χ3v) is 6.82. The molecule has 0 spiro atoms. The van der Waals surface area contributed by atoms with Crippen molar-refractivity contribution in [1.29, 1.82) is 0 Å². The van der Waals surface area contributed by atoms with Gasteiger partial charge in [-0.25, -0.2) is 0 Å². The van der Waals surface area contributed by atoms with Crippen LogP contribution in [0.15, 0.2) is 0 Å². The number of carbonyl (C=O) groups excluding carboxylic acids is 1. The van der Waals surface area contributed by atoms with Crippen LogP contribution in [-0.4, -0.2) is 95.4 Å². The standard InChI is InChI=1S/C20H40NO10P/c1-13(22)21-15-17(24)16(23)14(31-18(15)28-9-10-29-19(2,3)4)12-27-8-11-30-32(25,26)20(5,6)7/h14-18,23-24H,8-12H2,1-7H3,(H,21,22)(H,25,26). The van der Waals surface area contributed by atoms with Gasteiger partial charge in [0.15, 0.2) is 6.29 Å². The number of aliphatic hydroxyl groups is 2. The lowest BCUT2D eigenvalue weighted by molar-refractivity contribution is -0.275. The number of aliphatic hydroxyl groups excluding tert-OH is 2. The summed E-state index contributed by atoms with van der Waals surface area (Å²) in [5.74, 6) is -0.413. The van der Waals surface area contributed by atoms with Gasteiger partial charge in [-0.15, -0.1) is 0 Å². The van der Waals surface area contributed by atoms with E-state index in [0.29, 0.717) is 0 Å². The van der Waals surface area contributed by atoms with Crippen molar-refractivity contribution < 1.29 is 47.9 Å². The molecule has 0 aromatic carbocycles. The summed E-state index contributed by atoms with van der Waals surface area (Å²) in [5.41, 5.74) is -0.354. The summed E-state index contributed by atoms with van der Waals surface area (Å²) in [4.78, 5) is 21.4. The lowest BCUT2D eigenvalue weighted by Gasteiger charge is -2.42. The summed E-state index contributed by atoms with van der Waals surface area (Å²) in [6, 6.07) is -0.983. The third-order valence-electron chi connectivity index (χ3n) is 4.60. The van der Waals surface area contributed by atoms with E-state index >= 15 is 0 Å². The summed E-state index contributed by atoms with van der Waals surface area (Å²) < 4.78 is 39.5. The number of ether oxygens (including phenoxy) is 4. The van der Waals surface area contributed by atoms with E-state index in [4.69, 9.17) is 23.5 Å². The zero-order chi connectivity index (χ0) is 24.7. The Morgan fingerprint density at radius 1 is 1.03 bits per heavy atom. The maximum absolute atomic E-state index is 12.1. The van der Waals surface area contributed by atoms with Crippen LogP contribution in [0.4, 0.5) is 0 Å². The van der Waals surface area contributed by atoms with Crippen LogP contribution in [0, 0.1) is 0 Å². The molecule has 1 aliphatic heterocycles. The van der Waals surface area contributed by atoms with Crippen molar-refractivity contribution in [2.24, 2.45) is 0 Å². The fraction of sp³-hybridized carbons (Fsp3) is 0.950. The zero-order valence-corrected chi connectivity index (χ0v) is 21.0. The average Bonchev–Trinajstić information content (AvgIpc) is 2.63. The van der Waals surface area contributed by atoms with Gasteiger partial charge in [-0.2, -0.15) is 0 Å². The van der Waals surface area contributed by atoms with Crippen LogP contribution in [0.3, 0.4) is 0 Å². The highest BCUT2D eigenvalue weighted by Gasteiger charge is 2.45. The topological polar surface area (TPSA) is 153 Å². The van der Waals surface area contributed by atoms with Crippen molar-refractivity contribution in [2.75, 3.05) is 33.0 Å². The summed E-state index contributed by atoms with van der Waals surface area (Å²) in [6.07, 6.45) is -4.70. The molecule has 1 amide bonds. The Morgan fingerprint density at radius 3 is 2.19 bits per heavy atom. The van der Waals surface area contributed by atoms with E-state index in [9.17, 15) is 24.5 Å². The van der Waals surface area contributed by atoms with E-state index in [1.54, 1.807) is 20.8 Å². The van der Waals surface area contributed by atoms with Gasteiger partial charge >= 0.3 is 7.60 Å². The van der Waals surface area contributed by atoms with E-state index in [-0.39, 0.29) is 38.6 Å². The van der Waals surface area contributed by atoms with Gasteiger partial charge in [-0.1, -0.05) is 0 Å². The molecule has 0 aliphatic carbocycles. The van der Waals surface area contributed by atoms with Gasteiger partial charge in [0.2, 0.25) is 5.91 Å². The molecule has 12 heteroatoms. The molecule has 4 N–H and O–H groups in total. The Hall–Kier alpha value is -0.620. The molecule has 1 rings (SSSR count). The summed E-state index contributed by atoms with van der Waals surface area (Å²) in [7, 11) is -3.80.